The summed E-state index contributed by atoms with van der Waals surface area (Å²) in [5.41, 5.74) is -0.0721. The van der Waals surface area contributed by atoms with Crippen LogP contribution in [0.2, 0.25) is 0 Å². The van der Waals surface area contributed by atoms with Crippen LogP contribution >= 0.6 is 0 Å². The number of ether oxygens (including phenoxy) is 1. The molecule has 24 heavy (non-hydrogen) atoms. The number of benzene rings is 2. The van der Waals surface area contributed by atoms with Gasteiger partial charge in [-0.1, -0.05) is 5.21 Å². The van der Waals surface area contributed by atoms with Crippen molar-refractivity contribution in [3.63, 3.8) is 0 Å². The highest BCUT2D eigenvalue weighted by Crippen LogP contribution is 2.23. The van der Waals surface area contributed by atoms with Crippen LogP contribution in [0.25, 0.3) is 11.3 Å². The van der Waals surface area contributed by atoms with Crippen LogP contribution in [-0.4, -0.2) is 29.9 Å². The molecule has 1 aromatic heterocycles. The lowest BCUT2D eigenvalue weighted by molar-refractivity contribution is 0.414. The molecule has 0 unspecified atom stereocenters. The van der Waals surface area contributed by atoms with Gasteiger partial charge < -0.3 is 4.74 Å². The Balaban J connectivity index is 1.99. The van der Waals surface area contributed by atoms with Gasteiger partial charge in [-0.25, -0.2) is 8.78 Å². The van der Waals surface area contributed by atoms with Gasteiger partial charge in [0.2, 0.25) is 0 Å². The summed E-state index contributed by atoms with van der Waals surface area (Å²) < 4.78 is 57.3. The minimum Gasteiger partial charge on any atom is -0.497 e. The summed E-state index contributed by atoms with van der Waals surface area (Å²) in [5, 5.41) is 7.18. The Morgan fingerprint density at radius 3 is 2.42 bits per heavy atom. The van der Waals surface area contributed by atoms with Crippen LogP contribution in [0, 0.1) is 11.6 Å². The summed E-state index contributed by atoms with van der Waals surface area (Å²) in [7, 11) is -2.52. The molecule has 6 nitrogen and oxygen atoms in total. The van der Waals surface area contributed by atoms with E-state index in [1.807, 2.05) is 0 Å². The van der Waals surface area contributed by atoms with E-state index >= 15 is 0 Å². The molecule has 0 aliphatic heterocycles. The highest BCUT2D eigenvalue weighted by Gasteiger charge is 2.20. The number of hydrogen-bond donors (Lipinski definition) is 0. The number of nitrogens with zero attached hydrogens (tertiary/aromatic N) is 3. The molecule has 0 N–H and O–H groups in total. The molecule has 2 aromatic carbocycles. The maximum absolute atomic E-state index is 13.8. The van der Waals surface area contributed by atoms with Gasteiger partial charge in [0.1, 0.15) is 23.1 Å². The zero-order valence-electron chi connectivity index (χ0n) is 12.3. The van der Waals surface area contributed by atoms with Gasteiger partial charge in [0.15, 0.2) is 0 Å². The molecule has 3 aromatic rings. The molecular weight excluding hydrogens is 340 g/mol. The number of rotatable bonds is 4. The van der Waals surface area contributed by atoms with Gasteiger partial charge in [-0.05, 0) is 36.4 Å². The largest absolute Gasteiger partial charge is 0.497 e. The van der Waals surface area contributed by atoms with Gasteiger partial charge >= 0.3 is 0 Å². The Morgan fingerprint density at radius 2 is 1.79 bits per heavy atom. The lowest BCUT2D eigenvalue weighted by atomic mass is 10.1. The molecule has 0 amide bonds. The second-order valence-corrected chi connectivity index (χ2v) is 6.58. The molecule has 0 aliphatic carbocycles. The fourth-order valence-corrected chi connectivity index (χ4v) is 3.11. The number of halogens is 2. The van der Waals surface area contributed by atoms with Crippen LogP contribution in [-0.2, 0) is 10.0 Å². The molecule has 0 fully saturated rings. The zero-order chi connectivity index (χ0) is 17.3. The second kappa shape index (κ2) is 6.00. The van der Waals surface area contributed by atoms with Gasteiger partial charge in [0.05, 0.1) is 18.2 Å². The second-order valence-electron chi connectivity index (χ2n) is 4.78. The lowest BCUT2D eigenvalue weighted by Crippen LogP contribution is -2.13. The summed E-state index contributed by atoms with van der Waals surface area (Å²) >= 11 is 0. The van der Waals surface area contributed by atoms with Crippen molar-refractivity contribution >= 4 is 10.0 Å². The lowest BCUT2D eigenvalue weighted by Gasteiger charge is -2.04. The fraction of sp³-hybridized carbons (Fsp3) is 0.0667. The summed E-state index contributed by atoms with van der Waals surface area (Å²) in [5.74, 6) is -1.10. The van der Waals surface area contributed by atoms with Crippen molar-refractivity contribution in [3.8, 4) is 17.0 Å². The quantitative estimate of drug-likeness (QED) is 0.722. The van der Waals surface area contributed by atoms with Crippen LogP contribution in [0.5, 0.6) is 5.75 Å². The topological polar surface area (TPSA) is 74.1 Å². The van der Waals surface area contributed by atoms with Crippen LogP contribution < -0.4 is 4.74 Å². The van der Waals surface area contributed by atoms with Gasteiger partial charge in [-0.15, -0.1) is 9.19 Å². The van der Waals surface area contributed by atoms with Gasteiger partial charge in [0.25, 0.3) is 10.0 Å². The Morgan fingerprint density at radius 1 is 1.08 bits per heavy atom. The molecule has 0 atom stereocenters. The summed E-state index contributed by atoms with van der Waals surface area (Å²) in [6.07, 6.45) is 1.07. The Bertz CT molecular complexity index is 985. The average molecular weight is 351 g/mol. The Labute approximate surface area is 136 Å². The Hall–Kier alpha value is -2.81. The molecule has 0 saturated carbocycles. The average Bonchev–Trinajstić information content (AvgIpc) is 3.05. The monoisotopic (exact) mass is 351 g/mol. The molecule has 3 rings (SSSR count). The molecule has 0 spiro atoms. The van der Waals surface area contributed by atoms with Crippen molar-refractivity contribution < 1.29 is 21.9 Å². The third-order valence-corrected chi connectivity index (χ3v) is 4.82. The van der Waals surface area contributed by atoms with E-state index in [-0.39, 0.29) is 16.2 Å². The molecule has 0 bridgehead atoms. The maximum atomic E-state index is 13.8. The molecule has 0 radical (unpaired) electrons. The third kappa shape index (κ3) is 2.85. The fourth-order valence-electron chi connectivity index (χ4n) is 2.04. The van der Waals surface area contributed by atoms with E-state index in [1.54, 1.807) is 0 Å². The number of methoxy groups -OCH3 is 1. The normalized spacial score (nSPS) is 11.5. The first-order valence-electron chi connectivity index (χ1n) is 6.69. The van der Waals surface area contributed by atoms with E-state index in [2.05, 4.69) is 10.3 Å². The van der Waals surface area contributed by atoms with Gasteiger partial charge in [-0.2, -0.15) is 8.42 Å². The maximum Gasteiger partial charge on any atom is 0.284 e. The van der Waals surface area contributed by atoms with E-state index in [1.165, 1.54) is 37.4 Å². The van der Waals surface area contributed by atoms with Crippen LogP contribution in [0.15, 0.2) is 53.6 Å². The predicted molar refractivity (Wildman–Crippen MR) is 81.0 cm³/mol. The summed E-state index contributed by atoms with van der Waals surface area (Å²) in [6.45, 7) is 0. The molecule has 9 heteroatoms. The number of aromatic nitrogens is 3. The van der Waals surface area contributed by atoms with Gasteiger partial charge in [-0.3, -0.25) is 0 Å². The predicted octanol–water partition coefficient (Wildman–Crippen LogP) is 2.47. The van der Waals surface area contributed by atoms with E-state index in [0.717, 1.165) is 12.3 Å². The smallest absolute Gasteiger partial charge is 0.284 e. The Kier molecular flexibility index (Phi) is 4.02. The van der Waals surface area contributed by atoms with Crippen molar-refractivity contribution in [2.75, 3.05) is 7.11 Å². The van der Waals surface area contributed by atoms with E-state index in [9.17, 15) is 17.2 Å². The van der Waals surface area contributed by atoms with E-state index in [4.69, 9.17) is 4.74 Å². The van der Waals surface area contributed by atoms with E-state index < -0.39 is 21.7 Å². The minimum absolute atomic E-state index is 0.0235. The molecule has 124 valence electrons. The minimum atomic E-state index is -3.98. The molecule has 0 saturated heterocycles. The summed E-state index contributed by atoms with van der Waals surface area (Å²) in [4.78, 5) is -0.0284. The molecule has 1 heterocycles. The van der Waals surface area contributed by atoms with Crippen LogP contribution in [0.1, 0.15) is 0 Å². The van der Waals surface area contributed by atoms with Crippen molar-refractivity contribution in [1.82, 2.24) is 14.4 Å². The van der Waals surface area contributed by atoms with Gasteiger partial charge in [0, 0.05) is 11.6 Å². The third-order valence-electron chi connectivity index (χ3n) is 3.28. The van der Waals surface area contributed by atoms with Crippen molar-refractivity contribution in [2.24, 2.45) is 0 Å². The summed E-state index contributed by atoms with van der Waals surface area (Å²) in [6, 6.07) is 8.59. The number of hydrogen-bond acceptors (Lipinski definition) is 5. The SMILES string of the molecule is COc1ccc(S(=O)(=O)n2cc(-c3ccc(F)cc3F)nn2)cc1. The standard InChI is InChI=1S/C15H11F2N3O3S/c1-23-11-3-5-12(6-4-11)24(21,22)20-9-15(18-19-20)13-7-2-10(16)8-14(13)17/h2-9H,1H3. The van der Waals surface area contributed by atoms with E-state index in [0.29, 0.717) is 15.9 Å². The molecular formula is C15H11F2N3O3S. The molecule has 0 aliphatic rings. The first kappa shape index (κ1) is 16.1. The highest BCUT2D eigenvalue weighted by molar-refractivity contribution is 7.89. The highest BCUT2D eigenvalue weighted by atomic mass is 32.2. The zero-order valence-corrected chi connectivity index (χ0v) is 13.2. The van der Waals surface area contributed by atoms with Crippen LogP contribution in [0.3, 0.4) is 0 Å². The van der Waals surface area contributed by atoms with Crippen LogP contribution in [0.4, 0.5) is 8.78 Å². The van der Waals surface area contributed by atoms with Crippen molar-refractivity contribution in [3.05, 3.63) is 60.3 Å². The van der Waals surface area contributed by atoms with Crippen molar-refractivity contribution in [2.45, 2.75) is 4.90 Å². The van der Waals surface area contributed by atoms with Crippen molar-refractivity contribution in [1.29, 1.82) is 0 Å². The first-order chi connectivity index (χ1) is 11.4. The first-order valence-corrected chi connectivity index (χ1v) is 8.13.